The first-order valence-corrected chi connectivity index (χ1v) is 8.98. The first kappa shape index (κ1) is 17.5. The van der Waals surface area contributed by atoms with Crippen molar-refractivity contribution in [2.75, 3.05) is 11.1 Å². The van der Waals surface area contributed by atoms with Crippen molar-refractivity contribution in [3.05, 3.63) is 35.7 Å². The van der Waals surface area contributed by atoms with Crippen LogP contribution in [0.2, 0.25) is 0 Å². The fourth-order valence-corrected chi connectivity index (χ4v) is 3.09. The van der Waals surface area contributed by atoms with Gasteiger partial charge in [-0.15, -0.1) is 10.2 Å². The number of thioether (sulfide) groups is 1. The lowest BCUT2D eigenvalue weighted by molar-refractivity contribution is -0.113. The molecular formula is C17H24N4OS. The van der Waals surface area contributed by atoms with Crippen LogP contribution in [0.5, 0.6) is 0 Å². The fraction of sp³-hybridized carbons (Fsp3) is 0.471. The van der Waals surface area contributed by atoms with Crippen molar-refractivity contribution in [3.8, 4) is 0 Å². The highest BCUT2D eigenvalue weighted by Gasteiger charge is 2.15. The maximum absolute atomic E-state index is 12.1. The van der Waals surface area contributed by atoms with E-state index in [0.717, 1.165) is 29.6 Å². The molecule has 1 heterocycles. The summed E-state index contributed by atoms with van der Waals surface area (Å²) < 4.78 is 2.07. The molecule has 0 bridgehead atoms. The molecule has 1 N–H and O–H groups in total. The van der Waals surface area contributed by atoms with Crippen LogP contribution in [0.3, 0.4) is 0 Å². The Morgan fingerprint density at radius 3 is 2.48 bits per heavy atom. The van der Waals surface area contributed by atoms with Gasteiger partial charge >= 0.3 is 0 Å². The Hall–Kier alpha value is -1.82. The molecule has 1 aromatic heterocycles. The van der Waals surface area contributed by atoms with Gasteiger partial charge in [-0.3, -0.25) is 4.79 Å². The maximum atomic E-state index is 12.1. The smallest absolute Gasteiger partial charge is 0.234 e. The third-order valence-electron chi connectivity index (χ3n) is 3.56. The molecule has 0 aliphatic rings. The van der Waals surface area contributed by atoms with Crippen LogP contribution in [0, 0.1) is 0 Å². The molecule has 0 aliphatic heterocycles. The average molecular weight is 332 g/mol. The predicted octanol–water partition coefficient (Wildman–Crippen LogP) is 3.71. The van der Waals surface area contributed by atoms with E-state index in [2.05, 4.69) is 47.8 Å². The molecule has 0 saturated heterocycles. The summed E-state index contributed by atoms with van der Waals surface area (Å²) in [5.41, 5.74) is 2.09. The van der Waals surface area contributed by atoms with E-state index in [1.807, 2.05) is 24.3 Å². The summed E-state index contributed by atoms with van der Waals surface area (Å²) in [5, 5.41) is 12.1. The van der Waals surface area contributed by atoms with Gasteiger partial charge in [-0.1, -0.05) is 44.7 Å². The van der Waals surface area contributed by atoms with Crippen LogP contribution in [-0.2, 0) is 17.8 Å². The van der Waals surface area contributed by atoms with Crippen molar-refractivity contribution in [2.24, 2.45) is 0 Å². The summed E-state index contributed by atoms with van der Waals surface area (Å²) in [6.07, 6.45) is 0.995. The minimum atomic E-state index is -0.0315. The van der Waals surface area contributed by atoms with Crippen LogP contribution in [0.4, 0.5) is 5.69 Å². The van der Waals surface area contributed by atoms with E-state index in [4.69, 9.17) is 0 Å². The molecule has 0 aliphatic carbocycles. The second-order valence-electron chi connectivity index (χ2n) is 5.63. The number of nitrogens with one attached hydrogen (secondary N) is 1. The highest BCUT2D eigenvalue weighted by atomic mass is 32.2. The highest BCUT2D eigenvalue weighted by Crippen LogP contribution is 2.21. The molecular weight excluding hydrogens is 308 g/mol. The van der Waals surface area contributed by atoms with Crippen LogP contribution < -0.4 is 5.32 Å². The van der Waals surface area contributed by atoms with Crippen LogP contribution in [0.15, 0.2) is 29.4 Å². The summed E-state index contributed by atoms with van der Waals surface area (Å²) in [6, 6.07) is 7.94. The number of carbonyl (C=O) groups excluding carboxylic acids is 1. The van der Waals surface area contributed by atoms with Crippen LogP contribution in [-0.4, -0.2) is 26.4 Å². The zero-order chi connectivity index (χ0) is 16.8. The Bertz CT molecular complexity index is 649. The van der Waals surface area contributed by atoms with Crippen molar-refractivity contribution < 1.29 is 4.79 Å². The lowest BCUT2D eigenvalue weighted by atomic mass is 10.1. The molecule has 0 saturated carbocycles. The Kier molecular flexibility index (Phi) is 6.21. The first-order valence-electron chi connectivity index (χ1n) is 7.99. The first-order chi connectivity index (χ1) is 11.0. The van der Waals surface area contributed by atoms with Gasteiger partial charge < -0.3 is 9.88 Å². The Morgan fingerprint density at radius 1 is 1.22 bits per heavy atom. The molecule has 124 valence electrons. The molecule has 0 atom stereocenters. The minimum absolute atomic E-state index is 0.0315. The summed E-state index contributed by atoms with van der Waals surface area (Å²) in [5.74, 6) is 1.58. The second-order valence-corrected chi connectivity index (χ2v) is 6.57. The molecule has 5 nitrogen and oxygen atoms in total. The number of hydrogen-bond acceptors (Lipinski definition) is 4. The molecule has 23 heavy (non-hydrogen) atoms. The fourth-order valence-electron chi connectivity index (χ4n) is 2.28. The van der Waals surface area contributed by atoms with E-state index in [0.29, 0.717) is 11.7 Å². The number of aryl methyl sites for hydroxylation is 1. The number of aromatic nitrogens is 3. The Morgan fingerprint density at radius 2 is 1.91 bits per heavy atom. The normalized spacial score (nSPS) is 11.0. The van der Waals surface area contributed by atoms with E-state index in [9.17, 15) is 4.79 Å². The van der Waals surface area contributed by atoms with Crippen molar-refractivity contribution in [1.82, 2.24) is 14.8 Å². The van der Waals surface area contributed by atoms with Crippen molar-refractivity contribution in [3.63, 3.8) is 0 Å². The van der Waals surface area contributed by atoms with Gasteiger partial charge in [-0.25, -0.2) is 0 Å². The summed E-state index contributed by atoms with van der Waals surface area (Å²) in [6.45, 7) is 9.17. The standard InChI is InChI=1S/C17H24N4OS/c1-5-13-7-9-14(10-8-13)18-15(22)11-23-17-20-19-16(12(3)4)21(17)6-2/h7-10,12H,5-6,11H2,1-4H3,(H,18,22). The quantitative estimate of drug-likeness (QED) is 0.785. The molecule has 1 amide bonds. The molecule has 0 radical (unpaired) electrons. The number of hydrogen-bond donors (Lipinski definition) is 1. The SMILES string of the molecule is CCc1ccc(NC(=O)CSc2nnc(C(C)C)n2CC)cc1. The molecule has 6 heteroatoms. The number of rotatable bonds is 7. The molecule has 2 rings (SSSR count). The summed E-state index contributed by atoms with van der Waals surface area (Å²) in [7, 11) is 0. The number of amides is 1. The van der Waals surface area contributed by atoms with E-state index >= 15 is 0 Å². The number of carbonyl (C=O) groups is 1. The van der Waals surface area contributed by atoms with Gasteiger partial charge in [0.2, 0.25) is 5.91 Å². The van der Waals surface area contributed by atoms with Gasteiger partial charge in [0.15, 0.2) is 5.16 Å². The number of nitrogens with zero attached hydrogens (tertiary/aromatic N) is 3. The van der Waals surface area contributed by atoms with Crippen molar-refractivity contribution >= 4 is 23.4 Å². The Labute approximate surface area is 141 Å². The summed E-state index contributed by atoms with van der Waals surface area (Å²) >= 11 is 1.42. The van der Waals surface area contributed by atoms with Crippen LogP contribution in [0.25, 0.3) is 0 Å². The lowest BCUT2D eigenvalue weighted by Crippen LogP contribution is -2.14. The molecule has 0 spiro atoms. The van der Waals surface area contributed by atoms with Crippen molar-refractivity contribution in [1.29, 1.82) is 0 Å². The average Bonchev–Trinajstić information content (AvgIpc) is 2.97. The second kappa shape index (κ2) is 8.15. The third kappa shape index (κ3) is 4.58. The van der Waals surface area contributed by atoms with Gasteiger partial charge in [-0.2, -0.15) is 0 Å². The van der Waals surface area contributed by atoms with E-state index in [-0.39, 0.29) is 5.91 Å². The molecule has 1 aromatic carbocycles. The van der Waals surface area contributed by atoms with Gasteiger partial charge in [0, 0.05) is 18.2 Å². The third-order valence-corrected chi connectivity index (χ3v) is 4.52. The van der Waals surface area contributed by atoms with Crippen LogP contribution >= 0.6 is 11.8 Å². The zero-order valence-electron chi connectivity index (χ0n) is 14.2. The van der Waals surface area contributed by atoms with Crippen molar-refractivity contribution in [2.45, 2.75) is 51.7 Å². The Balaban J connectivity index is 1.93. The monoisotopic (exact) mass is 332 g/mol. The topological polar surface area (TPSA) is 59.8 Å². The minimum Gasteiger partial charge on any atom is -0.325 e. The zero-order valence-corrected chi connectivity index (χ0v) is 15.0. The van der Waals surface area contributed by atoms with Gasteiger partial charge in [0.05, 0.1) is 5.75 Å². The molecule has 0 fully saturated rings. The lowest BCUT2D eigenvalue weighted by Gasteiger charge is -2.09. The highest BCUT2D eigenvalue weighted by molar-refractivity contribution is 7.99. The van der Waals surface area contributed by atoms with E-state index in [1.165, 1.54) is 17.3 Å². The number of anilines is 1. The molecule has 0 unspecified atom stereocenters. The largest absolute Gasteiger partial charge is 0.325 e. The summed E-state index contributed by atoms with van der Waals surface area (Å²) in [4.78, 5) is 12.1. The molecule has 2 aromatic rings. The van der Waals surface area contributed by atoms with Gasteiger partial charge in [0.25, 0.3) is 0 Å². The van der Waals surface area contributed by atoms with Crippen LogP contribution in [0.1, 0.15) is 45.0 Å². The van der Waals surface area contributed by atoms with E-state index in [1.54, 1.807) is 0 Å². The van der Waals surface area contributed by atoms with Gasteiger partial charge in [0.1, 0.15) is 5.82 Å². The van der Waals surface area contributed by atoms with E-state index < -0.39 is 0 Å². The maximum Gasteiger partial charge on any atom is 0.234 e. The van der Waals surface area contributed by atoms with Gasteiger partial charge in [-0.05, 0) is 31.0 Å². The number of benzene rings is 1. The predicted molar refractivity (Wildman–Crippen MR) is 95.0 cm³/mol.